The third-order valence-electron chi connectivity index (χ3n) is 0.243. The van der Waals surface area contributed by atoms with E-state index < -0.39 is 12.1 Å². The van der Waals surface area contributed by atoms with E-state index in [9.17, 15) is 4.79 Å². The van der Waals surface area contributed by atoms with Gasteiger partial charge in [-0.1, -0.05) is 6.58 Å². The second-order valence-corrected chi connectivity index (χ2v) is 1.28. The number of carboxylic acid groups (broad SMARTS) is 1. The van der Waals surface area contributed by atoms with Gasteiger partial charge in [-0.3, -0.25) is 4.79 Å². The lowest BCUT2D eigenvalue weighted by molar-refractivity contribution is -0.134. The molecule has 0 saturated carbocycles. The lowest BCUT2D eigenvalue weighted by atomic mass is 10.9. The zero-order chi connectivity index (χ0) is 9.28. The van der Waals surface area contributed by atoms with Crippen LogP contribution in [0.25, 0.3) is 0 Å². The summed E-state index contributed by atoms with van der Waals surface area (Å²) in [6, 6.07) is 0. The molecular weight excluding hydrogens is 176 g/mol. The quantitative estimate of drug-likeness (QED) is 0.492. The molecule has 0 unspecified atom stereocenters. The first-order valence-corrected chi connectivity index (χ1v) is 2.65. The molecule has 1 N–H and O–H groups in total. The Bertz CT molecular complexity index is 140. The molecule has 0 atom stereocenters. The van der Waals surface area contributed by atoms with E-state index in [0.29, 0.717) is 0 Å². The summed E-state index contributed by atoms with van der Waals surface area (Å²) in [6.45, 7) is 4.15. The Morgan fingerprint density at radius 1 is 1.64 bits per heavy atom. The van der Waals surface area contributed by atoms with Crippen LogP contribution >= 0.6 is 11.9 Å². The Morgan fingerprint density at radius 3 is 2.09 bits per heavy atom. The summed E-state index contributed by atoms with van der Waals surface area (Å²) < 4.78 is 7.49. The van der Waals surface area contributed by atoms with E-state index in [2.05, 4.69) is 27.5 Å². The lowest BCUT2D eigenvalue weighted by Gasteiger charge is -1.87. The highest BCUT2D eigenvalue weighted by Crippen LogP contribution is 1.86. The van der Waals surface area contributed by atoms with Crippen LogP contribution in [0.2, 0.25) is 0 Å². The molecule has 0 saturated heterocycles. The van der Waals surface area contributed by atoms with Crippen LogP contribution in [0, 0.1) is 0 Å². The van der Waals surface area contributed by atoms with E-state index in [-0.39, 0.29) is 0 Å². The van der Waals surface area contributed by atoms with Gasteiger partial charge in [0.1, 0.15) is 11.9 Å². The molecule has 0 amide bonds. The van der Waals surface area contributed by atoms with Crippen LogP contribution in [0.5, 0.6) is 0 Å². The van der Waals surface area contributed by atoms with Crippen molar-refractivity contribution in [1.29, 1.82) is 0 Å². The van der Waals surface area contributed by atoms with Crippen molar-refractivity contribution in [2.24, 2.45) is 0 Å². The molecule has 0 aromatic heterocycles. The molecular formula is C5H7ClO5. The number of halogens is 1. The molecule has 0 heterocycles. The number of hydrogen-bond donors (Lipinski definition) is 1. The Labute approximate surface area is 68.3 Å². The number of ether oxygens (including phenoxy) is 1. The number of rotatable bonds is 1. The van der Waals surface area contributed by atoms with Crippen molar-refractivity contribution in [1.82, 2.24) is 0 Å². The van der Waals surface area contributed by atoms with Crippen LogP contribution in [-0.2, 0) is 13.8 Å². The van der Waals surface area contributed by atoms with Gasteiger partial charge in [-0.15, -0.1) is 0 Å². The summed E-state index contributed by atoms with van der Waals surface area (Å²) >= 11 is 4.51. The highest BCUT2D eigenvalue weighted by molar-refractivity contribution is 6.12. The second-order valence-electron chi connectivity index (χ2n) is 1.13. The van der Waals surface area contributed by atoms with Crippen LogP contribution < -0.4 is 0 Å². The first-order valence-electron chi connectivity index (χ1n) is 2.34. The van der Waals surface area contributed by atoms with E-state index in [1.807, 2.05) is 0 Å². The van der Waals surface area contributed by atoms with Gasteiger partial charge < -0.3 is 14.1 Å². The molecule has 0 bridgehead atoms. The predicted octanol–water partition coefficient (Wildman–Crippen LogP) is 1.53. The normalized spacial score (nSPS) is 6.73. The molecule has 0 fully saturated rings. The van der Waals surface area contributed by atoms with Gasteiger partial charge >= 0.3 is 6.16 Å². The molecule has 0 rings (SSSR count). The molecule has 64 valence electrons. The van der Waals surface area contributed by atoms with Crippen molar-refractivity contribution in [3.8, 4) is 0 Å². The smallest absolute Gasteiger partial charge is 0.481 e. The summed E-state index contributed by atoms with van der Waals surface area (Å²) in [5, 5.41) is 7.42. The summed E-state index contributed by atoms with van der Waals surface area (Å²) in [6.07, 6.45) is -0.0540. The standard InChI is InChI=1S/C3H3ClO3.C2H4O2/c1-2-6-3(5)7-4;1-2(3)4/h2H,1H2;1H3,(H,3,4). The van der Waals surface area contributed by atoms with Crippen molar-refractivity contribution in [3.63, 3.8) is 0 Å². The van der Waals surface area contributed by atoms with Gasteiger partial charge in [0.25, 0.3) is 5.97 Å². The van der Waals surface area contributed by atoms with E-state index in [1.165, 1.54) is 0 Å². The predicted molar refractivity (Wildman–Crippen MR) is 36.9 cm³/mol. The van der Waals surface area contributed by atoms with Gasteiger partial charge in [0.15, 0.2) is 0 Å². The second kappa shape index (κ2) is 8.77. The number of aliphatic carboxylic acids is 1. The maximum Gasteiger partial charge on any atom is 0.531 e. The molecule has 5 nitrogen and oxygen atoms in total. The van der Waals surface area contributed by atoms with Crippen LogP contribution in [0.1, 0.15) is 6.92 Å². The highest BCUT2D eigenvalue weighted by Gasteiger charge is 1.94. The number of carbonyl (C=O) groups is 2. The van der Waals surface area contributed by atoms with Crippen molar-refractivity contribution < 1.29 is 23.7 Å². The van der Waals surface area contributed by atoms with Gasteiger partial charge in [0, 0.05) is 6.92 Å². The molecule has 0 aromatic carbocycles. The lowest BCUT2D eigenvalue weighted by Crippen LogP contribution is -1.92. The van der Waals surface area contributed by atoms with Gasteiger partial charge in [-0.05, 0) is 0 Å². The van der Waals surface area contributed by atoms with Crippen molar-refractivity contribution >= 4 is 24.0 Å². The average Bonchev–Trinajstić information content (AvgIpc) is 1.87. The van der Waals surface area contributed by atoms with E-state index >= 15 is 0 Å². The maximum absolute atomic E-state index is 9.76. The third kappa shape index (κ3) is 28.3. The van der Waals surface area contributed by atoms with Gasteiger partial charge in [-0.25, -0.2) is 4.79 Å². The van der Waals surface area contributed by atoms with Crippen LogP contribution in [0.3, 0.4) is 0 Å². The fourth-order valence-electron chi connectivity index (χ4n) is 0.0862. The molecule has 0 aliphatic heterocycles. The average molecular weight is 183 g/mol. The topological polar surface area (TPSA) is 72.8 Å². The van der Waals surface area contributed by atoms with Gasteiger partial charge in [0.05, 0.1) is 6.26 Å². The zero-order valence-electron chi connectivity index (χ0n) is 5.74. The van der Waals surface area contributed by atoms with Crippen molar-refractivity contribution in [2.75, 3.05) is 0 Å². The Balaban J connectivity index is 0. The number of carboxylic acids is 1. The molecule has 6 heteroatoms. The third-order valence-corrected chi connectivity index (χ3v) is 0.369. The maximum atomic E-state index is 9.76. The van der Waals surface area contributed by atoms with E-state index in [0.717, 1.165) is 13.2 Å². The first-order chi connectivity index (χ1) is 5.04. The van der Waals surface area contributed by atoms with Crippen LogP contribution in [0.15, 0.2) is 12.8 Å². The summed E-state index contributed by atoms with van der Waals surface area (Å²) in [5.74, 6) is -0.833. The molecule has 0 aliphatic carbocycles. The largest absolute Gasteiger partial charge is 0.531 e. The van der Waals surface area contributed by atoms with Gasteiger partial charge in [0.2, 0.25) is 0 Å². The Hall–Kier alpha value is -1.23. The molecule has 0 aliphatic rings. The van der Waals surface area contributed by atoms with Crippen molar-refractivity contribution in [3.05, 3.63) is 12.8 Å². The summed E-state index contributed by atoms with van der Waals surface area (Å²) in [5.41, 5.74) is 0. The fourth-order valence-corrected chi connectivity index (χ4v) is 0.123. The summed E-state index contributed by atoms with van der Waals surface area (Å²) in [4.78, 5) is 18.8. The van der Waals surface area contributed by atoms with Gasteiger partial charge in [-0.2, -0.15) is 0 Å². The molecule has 0 spiro atoms. The van der Waals surface area contributed by atoms with E-state index in [1.54, 1.807) is 0 Å². The summed E-state index contributed by atoms with van der Waals surface area (Å²) in [7, 11) is 0. The molecule has 0 radical (unpaired) electrons. The monoisotopic (exact) mass is 182 g/mol. The minimum Gasteiger partial charge on any atom is -0.481 e. The minimum atomic E-state index is -0.975. The van der Waals surface area contributed by atoms with Crippen LogP contribution in [-0.4, -0.2) is 17.2 Å². The SMILES string of the molecule is C=COC(=O)OCl.CC(=O)O. The minimum absolute atomic E-state index is 0.833. The first kappa shape index (κ1) is 12.4. The zero-order valence-corrected chi connectivity index (χ0v) is 6.50. The highest BCUT2D eigenvalue weighted by atomic mass is 35.5. The molecule has 0 aromatic rings. The Morgan fingerprint density at radius 2 is 2.00 bits per heavy atom. The van der Waals surface area contributed by atoms with Crippen molar-refractivity contribution in [2.45, 2.75) is 6.92 Å². The number of carbonyl (C=O) groups excluding carboxylic acids is 1. The van der Waals surface area contributed by atoms with Crippen LogP contribution in [0.4, 0.5) is 4.79 Å². The fraction of sp³-hybridized carbons (Fsp3) is 0.200. The molecule has 11 heavy (non-hydrogen) atoms. The van der Waals surface area contributed by atoms with E-state index in [4.69, 9.17) is 9.90 Å². The Kier molecular flexibility index (Phi) is 9.92. The number of hydrogen-bond acceptors (Lipinski definition) is 4.